The summed E-state index contributed by atoms with van der Waals surface area (Å²) < 4.78 is 19.4. The number of methoxy groups -OCH3 is 1. The van der Waals surface area contributed by atoms with E-state index in [0.717, 1.165) is 32.1 Å². The Morgan fingerprint density at radius 1 is 1.32 bits per heavy atom. The fourth-order valence-electron chi connectivity index (χ4n) is 6.17. The van der Waals surface area contributed by atoms with Crippen molar-refractivity contribution in [1.29, 1.82) is 5.26 Å². The standard InChI is InChI=1S/C18H26FN3O2.ClH/c1-24-18-6-12-2-13(7-18)5-17(4-12,11-18)21-9-16(23)22-10-14(19)3-15(22)8-20;/h12-15,21H,2-7,9-11H2,1H3;1H/t12?,13?,14-,15-,17?,18?;/m0./s1. The second-order valence-corrected chi connectivity index (χ2v) is 8.51. The van der Waals surface area contributed by atoms with Gasteiger partial charge in [-0.05, 0) is 50.4 Å². The second-order valence-electron chi connectivity index (χ2n) is 8.51. The van der Waals surface area contributed by atoms with Crippen LogP contribution in [0.25, 0.3) is 0 Å². The predicted molar refractivity (Wildman–Crippen MR) is 93.0 cm³/mol. The summed E-state index contributed by atoms with van der Waals surface area (Å²) in [4.78, 5) is 13.9. The number of alkyl halides is 1. The number of nitriles is 1. The van der Waals surface area contributed by atoms with Gasteiger partial charge in [0.05, 0.1) is 24.8 Å². The van der Waals surface area contributed by atoms with Gasteiger partial charge in [0.1, 0.15) is 12.2 Å². The molecule has 5 rings (SSSR count). The summed E-state index contributed by atoms with van der Waals surface area (Å²) in [5.74, 6) is 1.22. The molecule has 0 aromatic rings. The average molecular weight is 372 g/mol. The van der Waals surface area contributed by atoms with Gasteiger partial charge in [0.2, 0.25) is 5.91 Å². The minimum Gasteiger partial charge on any atom is -0.378 e. The van der Waals surface area contributed by atoms with Gasteiger partial charge in [-0.1, -0.05) is 0 Å². The van der Waals surface area contributed by atoms with Crippen LogP contribution in [0, 0.1) is 23.2 Å². The number of hydrogen-bond acceptors (Lipinski definition) is 4. The van der Waals surface area contributed by atoms with Crippen LogP contribution >= 0.6 is 12.4 Å². The first-order valence-corrected chi connectivity index (χ1v) is 9.10. The summed E-state index contributed by atoms with van der Waals surface area (Å²) in [7, 11) is 1.81. The highest BCUT2D eigenvalue weighted by molar-refractivity contribution is 5.85. The van der Waals surface area contributed by atoms with Crippen molar-refractivity contribution < 1.29 is 13.9 Å². The number of likely N-dealkylation sites (tertiary alicyclic amines) is 1. The molecule has 0 spiro atoms. The van der Waals surface area contributed by atoms with E-state index >= 15 is 0 Å². The SMILES string of the molecule is COC12CC3CC(CC(NCC(=O)N4C[C@@H](F)C[C@H]4C#N)(C3)C1)C2.Cl. The molecule has 5 fully saturated rings. The van der Waals surface area contributed by atoms with Crippen LogP contribution < -0.4 is 5.32 Å². The minimum absolute atomic E-state index is 0. The van der Waals surface area contributed by atoms with Gasteiger partial charge in [-0.3, -0.25) is 4.79 Å². The molecule has 4 atom stereocenters. The molecule has 1 amide bonds. The van der Waals surface area contributed by atoms with E-state index in [1.807, 2.05) is 7.11 Å². The number of nitrogens with zero attached hydrogens (tertiary/aromatic N) is 2. The van der Waals surface area contributed by atoms with Gasteiger partial charge in [-0.15, -0.1) is 12.4 Å². The monoisotopic (exact) mass is 371 g/mol. The van der Waals surface area contributed by atoms with Crippen LogP contribution in [-0.4, -0.2) is 54.4 Å². The molecule has 4 bridgehead atoms. The Kier molecular flexibility index (Phi) is 5.04. The highest BCUT2D eigenvalue weighted by Gasteiger charge is 2.58. The van der Waals surface area contributed by atoms with E-state index in [1.54, 1.807) is 0 Å². The van der Waals surface area contributed by atoms with Crippen molar-refractivity contribution in [3.63, 3.8) is 0 Å². The quantitative estimate of drug-likeness (QED) is 0.822. The Hall–Kier alpha value is -0.900. The van der Waals surface area contributed by atoms with Gasteiger partial charge < -0.3 is 15.0 Å². The molecule has 0 aromatic heterocycles. The van der Waals surface area contributed by atoms with Crippen LogP contribution in [0.5, 0.6) is 0 Å². The highest BCUT2D eigenvalue weighted by Crippen LogP contribution is 2.58. The number of nitrogens with one attached hydrogen (secondary N) is 1. The number of hydrogen-bond donors (Lipinski definition) is 1. The molecule has 1 aliphatic heterocycles. The van der Waals surface area contributed by atoms with E-state index in [-0.39, 0.29) is 49.0 Å². The summed E-state index contributed by atoms with van der Waals surface area (Å²) in [5, 5.41) is 12.6. The Balaban J connectivity index is 0.00000182. The number of amides is 1. The molecule has 0 aromatic carbocycles. The minimum atomic E-state index is -1.07. The Morgan fingerprint density at radius 3 is 2.60 bits per heavy atom. The Morgan fingerprint density at radius 2 is 2.00 bits per heavy atom. The van der Waals surface area contributed by atoms with Crippen LogP contribution in [0.4, 0.5) is 4.39 Å². The van der Waals surface area contributed by atoms with Gasteiger partial charge in [0.25, 0.3) is 0 Å². The summed E-state index contributed by atoms with van der Waals surface area (Å²) in [5.41, 5.74) is -0.0419. The molecular formula is C18H27ClFN3O2. The van der Waals surface area contributed by atoms with E-state index in [2.05, 4.69) is 11.4 Å². The first-order chi connectivity index (χ1) is 11.5. The lowest BCUT2D eigenvalue weighted by Crippen LogP contribution is -2.66. The van der Waals surface area contributed by atoms with E-state index < -0.39 is 12.2 Å². The average Bonchev–Trinajstić information content (AvgIpc) is 2.92. The molecule has 5 nitrogen and oxygen atoms in total. The highest BCUT2D eigenvalue weighted by atomic mass is 35.5. The fraction of sp³-hybridized carbons (Fsp3) is 0.889. The molecule has 1 saturated heterocycles. The van der Waals surface area contributed by atoms with Gasteiger partial charge in [-0.2, -0.15) is 5.26 Å². The first-order valence-electron chi connectivity index (χ1n) is 9.10. The maximum absolute atomic E-state index is 13.5. The largest absolute Gasteiger partial charge is 0.378 e. The van der Waals surface area contributed by atoms with Crippen LogP contribution in [0.1, 0.15) is 44.9 Å². The molecule has 1 N–H and O–H groups in total. The van der Waals surface area contributed by atoms with E-state index in [9.17, 15) is 9.18 Å². The normalized spacial score (nSPS) is 44.4. The number of ether oxygens (including phenoxy) is 1. The van der Waals surface area contributed by atoms with Gasteiger partial charge in [0, 0.05) is 19.1 Å². The second kappa shape index (κ2) is 6.68. The first kappa shape index (κ1) is 18.9. The Labute approximate surface area is 154 Å². The lowest BCUT2D eigenvalue weighted by Gasteiger charge is -2.61. The lowest BCUT2D eigenvalue weighted by atomic mass is 9.51. The number of carbonyl (C=O) groups is 1. The maximum Gasteiger partial charge on any atom is 0.237 e. The summed E-state index contributed by atoms with van der Waals surface area (Å²) in [6.07, 6.45) is 5.82. The molecule has 4 saturated carbocycles. The molecule has 0 radical (unpaired) electrons. The van der Waals surface area contributed by atoms with Crippen LogP contribution in [0.2, 0.25) is 0 Å². The number of halogens is 2. The van der Waals surface area contributed by atoms with Crippen molar-refractivity contribution >= 4 is 18.3 Å². The summed E-state index contributed by atoms with van der Waals surface area (Å²) >= 11 is 0. The molecule has 4 aliphatic carbocycles. The van der Waals surface area contributed by atoms with E-state index in [4.69, 9.17) is 10.00 Å². The Bertz CT molecular complexity index is 567. The van der Waals surface area contributed by atoms with Crippen molar-refractivity contribution in [2.24, 2.45) is 11.8 Å². The molecule has 1 heterocycles. The topological polar surface area (TPSA) is 65.4 Å². The maximum atomic E-state index is 13.5. The van der Waals surface area contributed by atoms with Crippen molar-refractivity contribution in [2.45, 2.75) is 68.3 Å². The van der Waals surface area contributed by atoms with Gasteiger partial charge in [0.15, 0.2) is 0 Å². The fourth-order valence-corrected chi connectivity index (χ4v) is 6.17. The van der Waals surface area contributed by atoms with Crippen LogP contribution in [0.3, 0.4) is 0 Å². The number of carbonyl (C=O) groups excluding carboxylic acids is 1. The van der Waals surface area contributed by atoms with Crippen molar-refractivity contribution in [2.75, 3.05) is 20.2 Å². The van der Waals surface area contributed by atoms with Crippen LogP contribution in [-0.2, 0) is 9.53 Å². The summed E-state index contributed by atoms with van der Waals surface area (Å²) in [6, 6.07) is 1.44. The van der Waals surface area contributed by atoms with Gasteiger partial charge >= 0.3 is 0 Å². The molecule has 25 heavy (non-hydrogen) atoms. The lowest BCUT2D eigenvalue weighted by molar-refractivity contribution is -0.162. The van der Waals surface area contributed by atoms with E-state index in [1.165, 1.54) is 11.3 Å². The zero-order valence-electron chi connectivity index (χ0n) is 14.7. The third kappa shape index (κ3) is 3.27. The summed E-state index contributed by atoms with van der Waals surface area (Å²) in [6.45, 7) is 0.253. The third-order valence-corrected chi connectivity index (χ3v) is 6.77. The van der Waals surface area contributed by atoms with E-state index in [0.29, 0.717) is 11.8 Å². The molecular weight excluding hydrogens is 345 g/mol. The molecule has 2 unspecified atom stereocenters. The molecule has 5 aliphatic rings. The zero-order chi connectivity index (χ0) is 16.9. The molecule has 7 heteroatoms. The molecule has 140 valence electrons. The van der Waals surface area contributed by atoms with Crippen molar-refractivity contribution in [3.05, 3.63) is 0 Å². The third-order valence-electron chi connectivity index (χ3n) is 6.77. The van der Waals surface area contributed by atoms with Gasteiger partial charge in [-0.25, -0.2) is 4.39 Å². The van der Waals surface area contributed by atoms with Crippen LogP contribution in [0.15, 0.2) is 0 Å². The predicted octanol–water partition coefficient (Wildman–Crippen LogP) is 2.20. The zero-order valence-corrected chi connectivity index (χ0v) is 15.5. The number of rotatable bonds is 4. The van der Waals surface area contributed by atoms with Crippen molar-refractivity contribution in [1.82, 2.24) is 10.2 Å². The van der Waals surface area contributed by atoms with Crippen molar-refractivity contribution in [3.8, 4) is 6.07 Å². The smallest absolute Gasteiger partial charge is 0.237 e.